The summed E-state index contributed by atoms with van der Waals surface area (Å²) in [5.41, 5.74) is -0.526. The molecule has 1 heterocycles. The quantitative estimate of drug-likeness (QED) is 0.508. The lowest BCUT2D eigenvalue weighted by Gasteiger charge is -2.26. The first-order valence-corrected chi connectivity index (χ1v) is 8.06. The second-order valence-electron chi connectivity index (χ2n) is 5.05. The molecular formula is C14H26O4S. The predicted octanol–water partition coefficient (Wildman–Crippen LogP) is 2.85. The van der Waals surface area contributed by atoms with Crippen molar-refractivity contribution in [2.24, 2.45) is 5.41 Å². The number of carbonyl (C=O) groups excluding carboxylic acids is 1. The molecule has 0 N–H and O–H groups in total. The van der Waals surface area contributed by atoms with E-state index in [-0.39, 0.29) is 17.5 Å². The molecule has 112 valence electrons. The van der Waals surface area contributed by atoms with Crippen molar-refractivity contribution in [2.45, 2.75) is 51.6 Å². The van der Waals surface area contributed by atoms with Crippen LogP contribution in [0.15, 0.2) is 0 Å². The fourth-order valence-corrected chi connectivity index (χ4v) is 3.30. The molecule has 0 spiro atoms. The van der Waals surface area contributed by atoms with Crippen LogP contribution >= 0.6 is 11.8 Å². The number of methoxy groups -OCH3 is 1. The summed E-state index contributed by atoms with van der Waals surface area (Å²) in [5, 5.41) is 0. The molecule has 1 saturated heterocycles. The third-order valence-corrected chi connectivity index (χ3v) is 4.52. The summed E-state index contributed by atoms with van der Waals surface area (Å²) in [6.45, 7) is 7.32. The van der Waals surface area contributed by atoms with Crippen LogP contribution in [0.2, 0.25) is 0 Å². The van der Waals surface area contributed by atoms with Gasteiger partial charge in [-0.15, -0.1) is 11.8 Å². The Labute approximate surface area is 120 Å². The minimum atomic E-state index is -0.589. The SMILES string of the molecule is CCCCOC[C@H]1OC(SCC)C[C@@]1(C)C(=O)OC. The maximum atomic E-state index is 12.0. The fourth-order valence-electron chi connectivity index (χ4n) is 2.25. The monoisotopic (exact) mass is 290 g/mol. The Hall–Kier alpha value is -0.260. The Kier molecular flexibility index (Phi) is 7.18. The van der Waals surface area contributed by atoms with Crippen LogP contribution in [0.5, 0.6) is 0 Å². The lowest BCUT2D eigenvalue weighted by Crippen LogP contribution is -2.40. The Morgan fingerprint density at radius 2 is 2.21 bits per heavy atom. The second-order valence-corrected chi connectivity index (χ2v) is 6.49. The Balaban J connectivity index is 2.60. The number of esters is 1. The van der Waals surface area contributed by atoms with Crippen LogP contribution < -0.4 is 0 Å². The van der Waals surface area contributed by atoms with Gasteiger partial charge in [-0.25, -0.2) is 0 Å². The number of hydrogen-bond donors (Lipinski definition) is 0. The van der Waals surface area contributed by atoms with Gasteiger partial charge in [0.2, 0.25) is 0 Å². The van der Waals surface area contributed by atoms with Crippen LogP contribution in [0, 0.1) is 5.41 Å². The summed E-state index contributed by atoms with van der Waals surface area (Å²) in [6, 6.07) is 0. The molecule has 1 unspecified atom stereocenters. The van der Waals surface area contributed by atoms with Gasteiger partial charge in [-0.3, -0.25) is 4.79 Å². The zero-order valence-corrected chi connectivity index (χ0v) is 13.3. The summed E-state index contributed by atoms with van der Waals surface area (Å²) in [7, 11) is 1.43. The molecule has 0 bridgehead atoms. The van der Waals surface area contributed by atoms with Crippen molar-refractivity contribution in [1.29, 1.82) is 0 Å². The molecule has 0 aromatic rings. The van der Waals surface area contributed by atoms with Crippen molar-refractivity contribution < 1.29 is 19.0 Å². The van der Waals surface area contributed by atoms with Gasteiger partial charge >= 0.3 is 5.97 Å². The summed E-state index contributed by atoms with van der Waals surface area (Å²) in [5.74, 6) is 0.779. The molecule has 1 aliphatic heterocycles. The van der Waals surface area contributed by atoms with Gasteiger partial charge in [0, 0.05) is 13.0 Å². The van der Waals surface area contributed by atoms with E-state index >= 15 is 0 Å². The highest BCUT2D eigenvalue weighted by Crippen LogP contribution is 2.43. The molecule has 4 nitrogen and oxygen atoms in total. The maximum absolute atomic E-state index is 12.0. The van der Waals surface area contributed by atoms with E-state index in [0.29, 0.717) is 13.0 Å². The maximum Gasteiger partial charge on any atom is 0.314 e. The van der Waals surface area contributed by atoms with Crippen LogP contribution in [0.1, 0.15) is 40.0 Å². The first-order chi connectivity index (χ1) is 9.08. The largest absolute Gasteiger partial charge is 0.469 e. The summed E-state index contributed by atoms with van der Waals surface area (Å²) in [4.78, 5) is 12.0. The van der Waals surface area contributed by atoms with Gasteiger partial charge in [0.05, 0.1) is 25.2 Å². The van der Waals surface area contributed by atoms with Crippen LogP contribution in [0.25, 0.3) is 0 Å². The van der Waals surface area contributed by atoms with Crippen LogP contribution in [-0.4, -0.2) is 43.6 Å². The van der Waals surface area contributed by atoms with Crippen LogP contribution in [0.4, 0.5) is 0 Å². The highest BCUT2D eigenvalue weighted by Gasteiger charge is 2.51. The standard InChI is InChI=1S/C14H26O4S/c1-5-7-8-17-10-11-14(3,13(15)16-4)9-12(18-11)19-6-2/h11-12H,5-10H2,1-4H3/t11-,12?,14-/m1/s1. The third-order valence-electron chi connectivity index (χ3n) is 3.53. The van der Waals surface area contributed by atoms with E-state index in [1.807, 2.05) is 6.92 Å². The van der Waals surface area contributed by atoms with Gasteiger partial charge in [0.1, 0.15) is 5.44 Å². The molecule has 5 heteroatoms. The van der Waals surface area contributed by atoms with E-state index in [9.17, 15) is 4.79 Å². The van der Waals surface area contributed by atoms with E-state index in [1.165, 1.54) is 7.11 Å². The number of carbonyl (C=O) groups is 1. The smallest absolute Gasteiger partial charge is 0.314 e. The van der Waals surface area contributed by atoms with Gasteiger partial charge in [-0.05, 0) is 19.1 Å². The molecule has 1 rings (SSSR count). The average molecular weight is 290 g/mol. The second kappa shape index (κ2) is 8.12. The predicted molar refractivity (Wildman–Crippen MR) is 77.3 cm³/mol. The van der Waals surface area contributed by atoms with E-state index in [1.54, 1.807) is 11.8 Å². The van der Waals surface area contributed by atoms with Crippen molar-refractivity contribution in [1.82, 2.24) is 0 Å². The Morgan fingerprint density at radius 3 is 2.79 bits per heavy atom. The van der Waals surface area contributed by atoms with E-state index in [0.717, 1.165) is 25.2 Å². The molecule has 3 atom stereocenters. The topological polar surface area (TPSA) is 44.8 Å². The first-order valence-electron chi connectivity index (χ1n) is 7.01. The minimum absolute atomic E-state index is 0.0638. The van der Waals surface area contributed by atoms with Crippen LogP contribution in [0.3, 0.4) is 0 Å². The lowest BCUT2D eigenvalue weighted by molar-refractivity contribution is -0.157. The minimum Gasteiger partial charge on any atom is -0.469 e. The number of ether oxygens (including phenoxy) is 3. The van der Waals surface area contributed by atoms with Crippen molar-refractivity contribution in [3.63, 3.8) is 0 Å². The average Bonchev–Trinajstić information content (AvgIpc) is 2.72. The van der Waals surface area contributed by atoms with Gasteiger partial charge < -0.3 is 14.2 Å². The van der Waals surface area contributed by atoms with Gasteiger partial charge in [-0.2, -0.15) is 0 Å². The summed E-state index contributed by atoms with van der Waals surface area (Å²) >= 11 is 1.73. The molecule has 0 saturated carbocycles. The molecule has 0 radical (unpaired) electrons. The van der Waals surface area contributed by atoms with Gasteiger partial charge in [0.25, 0.3) is 0 Å². The highest BCUT2D eigenvalue weighted by atomic mass is 32.2. The van der Waals surface area contributed by atoms with Crippen molar-refractivity contribution >= 4 is 17.7 Å². The number of thioether (sulfide) groups is 1. The first kappa shape index (κ1) is 16.8. The molecule has 1 aliphatic rings. The van der Waals surface area contributed by atoms with E-state index in [2.05, 4.69) is 13.8 Å². The lowest BCUT2D eigenvalue weighted by atomic mass is 9.83. The number of unbranched alkanes of at least 4 members (excludes halogenated alkanes) is 1. The van der Waals surface area contributed by atoms with Crippen molar-refractivity contribution in [2.75, 3.05) is 26.1 Å². The molecular weight excluding hydrogens is 264 g/mol. The fraction of sp³-hybridized carbons (Fsp3) is 0.929. The molecule has 1 fully saturated rings. The van der Waals surface area contributed by atoms with Crippen molar-refractivity contribution in [3.8, 4) is 0 Å². The normalized spacial score (nSPS) is 30.5. The van der Waals surface area contributed by atoms with Gasteiger partial charge in [0.15, 0.2) is 0 Å². The zero-order valence-electron chi connectivity index (χ0n) is 12.4. The van der Waals surface area contributed by atoms with E-state index in [4.69, 9.17) is 14.2 Å². The molecule has 19 heavy (non-hydrogen) atoms. The highest BCUT2D eigenvalue weighted by molar-refractivity contribution is 7.99. The zero-order chi connectivity index (χ0) is 14.3. The Morgan fingerprint density at radius 1 is 1.47 bits per heavy atom. The van der Waals surface area contributed by atoms with Gasteiger partial charge in [-0.1, -0.05) is 20.3 Å². The van der Waals surface area contributed by atoms with E-state index < -0.39 is 5.41 Å². The Bertz CT molecular complexity index is 285. The van der Waals surface area contributed by atoms with Crippen molar-refractivity contribution in [3.05, 3.63) is 0 Å². The van der Waals surface area contributed by atoms with Crippen LogP contribution in [-0.2, 0) is 19.0 Å². The third kappa shape index (κ3) is 4.36. The molecule has 0 amide bonds. The number of hydrogen-bond acceptors (Lipinski definition) is 5. The molecule has 0 aliphatic carbocycles. The molecule has 0 aromatic heterocycles. The molecule has 0 aromatic carbocycles. The summed E-state index contributed by atoms with van der Waals surface area (Å²) in [6.07, 6.45) is 2.63. The summed E-state index contributed by atoms with van der Waals surface area (Å²) < 4.78 is 16.5. The number of rotatable bonds is 8.